The van der Waals surface area contributed by atoms with Gasteiger partial charge in [-0.1, -0.05) is 23.7 Å². The molecule has 1 heterocycles. The summed E-state index contributed by atoms with van der Waals surface area (Å²) in [5, 5.41) is 0.605. The van der Waals surface area contributed by atoms with Crippen molar-refractivity contribution in [2.24, 2.45) is 0 Å². The van der Waals surface area contributed by atoms with E-state index in [9.17, 15) is 9.59 Å². The number of hydrogen-bond acceptors (Lipinski definition) is 4. The van der Waals surface area contributed by atoms with Crippen molar-refractivity contribution in [2.45, 2.75) is 20.4 Å². The van der Waals surface area contributed by atoms with Crippen LogP contribution < -0.4 is 0 Å². The number of ether oxygens (including phenoxy) is 1. The second kappa shape index (κ2) is 7.85. The van der Waals surface area contributed by atoms with E-state index >= 15 is 0 Å². The molecule has 1 amide bonds. The summed E-state index contributed by atoms with van der Waals surface area (Å²) in [6, 6.07) is 7.09. The summed E-state index contributed by atoms with van der Waals surface area (Å²) >= 11 is 9.26. The summed E-state index contributed by atoms with van der Waals surface area (Å²) in [5.41, 5.74) is 1.26. The van der Waals surface area contributed by atoms with Gasteiger partial charge in [-0.3, -0.25) is 9.59 Å². The lowest BCUT2D eigenvalue weighted by atomic mass is 10.1. The number of benzene rings is 1. The Morgan fingerprint density at radius 2 is 1.83 bits per heavy atom. The SMILES string of the molecule is COC(=O)CN(Cc1ccc(Cl)cc1)C(=O)c1c(C)oc(C)c1Br. The molecule has 0 saturated heterocycles. The Hall–Kier alpha value is -1.79. The van der Waals surface area contributed by atoms with E-state index in [2.05, 4.69) is 15.9 Å². The van der Waals surface area contributed by atoms with Crippen molar-refractivity contribution in [3.05, 3.63) is 56.4 Å². The molecule has 0 N–H and O–H groups in total. The van der Waals surface area contributed by atoms with Crippen molar-refractivity contribution in [1.29, 1.82) is 0 Å². The maximum atomic E-state index is 12.9. The van der Waals surface area contributed by atoms with Crippen molar-refractivity contribution in [2.75, 3.05) is 13.7 Å². The summed E-state index contributed by atoms with van der Waals surface area (Å²) in [7, 11) is 1.29. The highest BCUT2D eigenvalue weighted by Crippen LogP contribution is 2.29. The van der Waals surface area contributed by atoms with Gasteiger partial charge in [-0.25, -0.2) is 0 Å². The van der Waals surface area contributed by atoms with Crippen LogP contribution in [0.25, 0.3) is 0 Å². The molecule has 2 aromatic rings. The van der Waals surface area contributed by atoms with Crippen molar-refractivity contribution < 1.29 is 18.7 Å². The van der Waals surface area contributed by atoms with Gasteiger partial charge in [0.05, 0.1) is 17.1 Å². The molecule has 5 nitrogen and oxygen atoms in total. The van der Waals surface area contributed by atoms with Gasteiger partial charge in [-0.15, -0.1) is 0 Å². The molecule has 0 aliphatic rings. The average Bonchev–Trinajstić information content (AvgIpc) is 2.80. The third kappa shape index (κ3) is 4.19. The Morgan fingerprint density at radius 1 is 1.21 bits per heavy atom. The second-order valence-electron chi connectivity index (χ2n) is 5.27. The Bertz CT molecular complexity index is 755. The molecular weight excluding hydrogens is 398 g/mol. The summed E-state index contributed by atoms with van der Waals surface area (Å²) in [6.07, 6.45) is 0. The molecule has 0 aliphatic carbocycles. The number of rotatable bonds is 5. The highest BCUT2D eigenvalue weighted by Gasteiger charge is 2.26. The van der Waals surface area contributed by atoms with Crippen LogP contribution in [0.1, 0.15) is 27.4 Å². The van der Waals surface area contributed by atoms with Gasteiger partial charge in [0, 0.05) is 11.6 Å². The van der Waals surface area contributed by atoms with Crippen molar-refractivity contribution >= 4 is 39.4 Å². The number of hydrogen-bond donors (Lipinski definition) is 0. The minimum atomic E-state index is -0.494. The molecule has 0 bridgehead atoms. The fraction of sp³-hybridized carbons (Fsp3) is 0.294. The van der Waals surface area contributed by atoms with Gasteiger partial charge >= 0.3 is 5.97 Å². The number of halogens is 2. The Kier molecular flexibility index (Phi) is 6.07. The van der Waals surface area contributed by atoms with Gasteiger partial charge < -0.3 is 14.1 Å². The minimum Gasteiger partial charge on any atom is -0.468 e. The standard InChI is InChI=1S/C17H17BrClNO4/c1-10-15(16(18)11(2)24-10)17(22)20(9-14(21)23-3)8-12-4-6-13(19)7-5-12/h4-7H,8-9H2,1-3H3. The van der Waals surface area contributed by atoms with Crippen LogP contribution in [0.2, 0.25) is 5.02 Å². The van der Waals surface area contributed by atoms with Crippen LogP contribution in [-0.2, 0) is 16.1 Å². The minimum absolute atomic E-state index is 0.159. The van der Waals surface area contributed by atoms with E-state index in [0.717, 1.165) is 5.56 Å². The van der Waals surface area contributed by atoms with Gasteiger partial charge in [0.15, 0.2) is 0 Å². The summed E-state index contributed by atoms with van der Waals surface area (Å²) in [5.74, 6) is 0.304. The maximum Gasteiger partial charge on any atom is 0.325 e. The van der Waals surface area contributed by atoms with E-state index in [1.807, 2.05) is 12.1 Å². The summed E-state index contributed by atoms with van der Waals surface area (Å²) in [4.78, 5) is 26.0. The zero-order valence-electron chi connectivity index (χ0n) is 13.6. The topological polar surface area (TPSA) is 59.8 Å². The largest absolute Gasteiger partial charge is 0.468 e. The van der Waals surface area contributed by atoms with E-state index in [0.29, 0.717) is 26.6 Å². The van der Waals surface area contributed by atoms with Crippen LogP contribution in [-0.4, -0.2) is 30.4 Å². The molecule has 24 heavy (non-hydrogen) atoms. The third-order valence-corrected chi connectivity index (χ3v) is 4.73. The fourth-order valence-electron chi connectivity index (χ4n) is 2.29. The predicted molar refractivity (Wildman–Crippen MR) is 94.1 cm³/mol. The van der Waals surface area contributed by atoms with Gasteiger partial charge in [0.2, 0.25) is 0 Å². The van der Waals surface area contributed by atoms with Crippen LogP contribution >= 0.6 is 27.5 Å². The van der Waals surface area contributed by atoms with E-state index < -0.39 is 5.97 Å². The highest BCUT2D eigenvalue weighted by molar-refractivity contribution is 9.10. The number of methoxy groups -OCH3 is 1. The molecular formula is C17H17BrClNO4. The second-order valence-corrected chi connectivity index (χ2v) is 6.50. The summed E-state index contributed by atoms with van der Waals surface area (Å²) < 4.78 is 10.8. The van der Waals surface area contributed by atoms with Crippen LogP contribution in [0.5, 0.6) is 0 Å². The highest BCUT2D eigenvalue weighted by atomic mass is 79.9. The summed E-state index contributed by atoms with van der Waals surface area (Å²) in [6.45, 7) is 3.57. The van der Waals surface area contributed by atoms with Gasteiger partial charge in [-0.2, -0.15) is 0 Å². The zero-order chi connectivity index (χ0) is 17.9. The number of carbonyl (C=O) groups is 2. The lowest BCUT2D eigenvalue weighted by molar-refractivity contribution is -0.141. The zero-order valence-corrected chi connectivity index (χ0v) is 15.9. The smallest absolute Gasteiger partial charge is 0.325 e. The molecule has 128 valence electrons. The average molecular weight is 415 g/mol. The maximum absolute atomic E-state index is 12.9. The number of furan rings is 1. The van der Waals surface area contributed by atoms with E-state index in [1.165, 1.54) is 12.0 Å². The first kappa shape index (κ1) is 18.5. The first-order chi connectivity index (χ1) is 11.3. The fourth-order valence-corrected chi connectivity index (χ4v) is 2.94. The van der Waals surface area contributed by atoms with Crippen LogP contribution in [0, 0.1) is 13.8 Å². The monoisotopic (exact) mass is 413 g/mol. The van der Waals surface area contributed by atoms with Gasteiger partial charge in [0.1, 0.15) is 18.1 Å². The number of carbonyl (C=O) groups excluding carboxylic acids is 2. The molecule has 0 atom stereocenters. The predicted octanol–water partition coefficient (Wildman–Crippen LogP) is 4.13. The first-order valence-corrected chi connectivity index (χ1v) is 8.36. The Morgan fingerprint density at radius 3 is 2.33 bits per heavy atom. The van der Waals surface area contributed by atoms with E-state index in [-0.39, 0.29) is 19.0 Å². The van der Waals surface area contributed by atoms with Crippen molar-refractivity contribution in [1.82, 2.24) is 4.90 Å². The molecule has 0 unspecified atom stereocenters. The molecule has 2 rings (SSSR count). The molecule has 0 spiro atoms. The first-order valence-electron chi connectivity index (χ1n) is 7.19. The molecule has 1 aromatic heterocycles. The molecule has 1 aromatic carbocycles. The molecule has 0 fully saturated rings. The van der Waals surface area contributed by atoms with Gasteiger partial charge in [0.25, 0.3) is 5.91 Å². The third-order valence-electron chi connectivity index (χ3n) is 3.52. The lowest BCUT2D eigenvalue weighted by Gasteiger charge is -2.21. The number of amides is 1. The lowest BCUT2D eigenvalue weighted by Crippen LogP contribution is -2.36. The van der Waals surface area contributed by atoms with Crippen LogP contribution in [0.15, 0.2) is 33.2 Å². The van der Waals surface area contributed by atoms with Gasteiger partial charge in [-0.05, 0) is 47.5 Å². The quantitative estimate of drug-likeness (QED) is 0.690. The number of esters is 1. The number of aryl methyl sites for hydroxylation is 2. The van der Waals surface area contributed by atoms with Crippen molar-refractivity contribution in [3.63, 3.8) is 0 Å². The normalized spacial score (nSPS) is 10.5. The number of nitrogens with zero attached hydrogens (tertiary/aromatic N) is 1. The molecule has 0 aliphatic heterocycles. The molecule has 0 radical (unpaired) electrons. The van der Waals surface area contributed by atoms with E-state index in [4.69, 9.17) is 20.8 Å². The molecule has 0 saturated carbocycles. The van der Waals surface area contributed by atoms with Crippen molar-refractivity contribution in [3.8, 4) is 0 Å². The van der Waals surface area contributed by atoms with Crippen LogP contribution in [0.3, 0.4) is 0 Å². The molecule has 7 heteroatoms. The van der Waals surface area contributed by atoms with E-state index in [1.54, 1.807) is 26.0 Å². The Labute approximate surface area is 153 Å². The van der Waals surface area contributed by atoms with Crippen LogP contribution in [0.4, 0.5) is 0 Å². The Balaban J connectivity index is 2.32.